The quantitative estimate of drug-likeness (QED) is 0.617. The van der Waals surface area contributed by atoms with E-state index in [1.165, 1.54) is 0 Å². The van der Waals surface area contributed by atoms with Crippen LogP contribution in [-0.4, -0.2) is 4.98 Å². The Morgan fingerprint density at radius 2 is 1.83 bits per heavy atom. The number of hydrogen-bond acceptors (Lipinski definition) is 1. The smallest absolute Gasteiger partial charge is 0.250 e. The molecule has 0 aliphatic rings. The van der Waals surface area contributed by atoms with Gasteiger partial charge in [-0.3, -0.25) is 4.98 Å². The van der Waals surface area contributed by atoms with E-state index in [0.717, 1.165) is 11.3 Å². The van der Waals surface area contributed by atoms with Gasteiger partial charge in [0.25, 0.3) is 6.33 Å². The van der Waals surface area contributed by atoms with Crippen LogP contribution in [0.25, 0.3) is 11.3 Å². The molecule has 1 aromatic carbocycles. The van der Waals surface area contributed by atoms with Crippen molar-refractivity contribution in [3.63, 3.8) is 0 Å². The van der Waals surface area contributed by atoms with Gasteiger partial charge in [0, 0.05) is 11.6 Å². The van der Waals surface area contributed by atoms with Crippen molar-refractivity contribution in [2.45, 2.75) is 0 Å². The summed E-state index contributed by atoms with van der Waals surface area (Å²) in [4.78, 5) is 7.08. The van der Waals surface area contributed by atoms with Crippen molar-refractivity contribution < 1.29 is 4.98 Å². The largest absolute Gasteiger partial charge is 0.284 e. The fourth-order valence-electron chi connectivity index (χ4n) is 1.10. The number of aromatic amines is 1. The monoisotopic (exact) mass is 157 g/mol. The van der Waals surface area contributed by atoms with Crippen molar-refractivity contribution in [3.05, 3.63) is 48.9 Å². The Balaban J connectivity index is 2.46. The van der Waals surface area contributed by atoms with Gasteiger partial charge in [-0.15, -0.1) is 0 Å². The molecule has 0 radical (unpaired) electrons. The summed E-state index contributed by atoms with van der Waals surface area (Å²) in [6.07, 6.45) is 3.55. The summed E-state index contributed by atoms with van der Waals surface area (Å²) in [5.41, 5.74) is 2.14. The fourth-order valence-corrected chi connectivity index (χ4v) is 1.10. The van der Waals surface area contributed by atoms with Gasteiger partial charge in [0.05, 0.1) is 6.20 Å². The Bertz CT molecular complexity index is 305. The third-order valence-electron chi connectivity index (χ3n) is 1.69. The summed E-state index contributed by atoms with van der Waals surface area (Å²) < 4.78 is 0. The molecule has 0 unspecified atom stereocenters. The lowest BCUT2D eigenvalue weighted by molar-refractivity contribution is -0.382. The summed E-state index contributed by atoms with van der Waals surface area (Å²) >= 11 is 0. The maximum Gasteiger partial charge on any atom is 0.284 e. The van der Waals surface area contributed by atoms with Crippen LogP contribution in [0, 0.1) is 0 Å². The number of aromatic nitrogens is 2. The molecule has 0 fully saturated rings. The zero-order valence-electron chi connectivity index (χ0n) is 6.57. The highest BCUT2D eigenvalue weighted by Gasteiger charge is 2.00. The van der Waals surface area contributed by atoms with E-state index in [1.807, 2.05) is 42.6 Å². The molecule has 1 aromatic heterocycles. The van der Waals surface area contributed by atoms with E-state index in [0.29, 0.717) is 0 Å². The Morgan fingerprint density at radius 1 is 1.00 bits per heavy atom. The van der Waals surface area contributed by atoms with Crippen LogP contribution in [0.1, 0.15) is 0 Å². The molecule has 0 amide bonds. The van der Waals surface area contributed by atoms with Crippen LogP contribution < -0.4 is 4.98 Å². The molecule has 0 aliphatic carbocycles. The van der Waals surface area contributed by atoms with Gasteiger partial charge in [0.1, 0.15) is 0 Å². The number of nitrogens with zero attached hydrogens (tertiary/aromatic N) is 1. The molecule has 2 rings (SSSR count). The second-order valence-corrected chi connectivity index (χ2v) is 2.51. The van der Waals surface area contributed by atoms with Crippen LogP contribution in [0.15, 0.2) is 48.9 Å². The van der Waals surface area contributed by atoms with Gasteiger partial charge >= 0.3 is 0 Å². The minimum absolute atomic E-state index is 0.995. The summed E-state index contributed by atoms with van der Waals surface area (Å²) in [6.45, 7) is 0. The molecule has 0 aliphatic heterocycles. The molecular weight excluding hydrogens is 148 g/mol. The first-order valence-electron chi connectivity index (χ1n) is 3.84. The van der Waals surface area contributed by atoms with Gasteiger partial charge in [-0.05, 0) is 4.98 Å². The minimum Gasteiger partial charge on any atom is -0.250 e. The standard InChI is InChI=1S/C10H8N2/c1-2-4-9(5-3-1)10-6-7-11-8-12-10/h1-8H/p+1. The second kappa shape index (κ2) is 3.13. The molecule has 2 aromatic rings. The Morgan fingerprint density at radius 3 is 2.50 bits per heavy atom. The molecule has 1 N–H and O–H groups in total. The molecule has 58 valence electrons. The first-order chi connectivity index (χ1) is 5.97. The van der Waals surface area contributed by atoms with Gasteiger partial charge in [0.2, 0.25) is 0 Å². The normalized spacial score (nSPS) is 9.67. The molecular formula is C10H9N2+. The van der Waals surface area contributed by atoms with Crippen molar-refractivity contribution in [1.29, 1.82) is 0 Å². The second-order valence-electron chi connectivity index (χ2n) is 2.51. The lowest BCUT2D eigenvalue weighted by atomic mass is 10.1. The fraction of sp³-hybridized carbons (Fsp3) is 0. The number of nitrogens with one attached hydrogen (secondary N) is 1. The average molecular weight is 157 g/mol. The van der Waals surface area contributed by atoms with E-state index in [2.05, 4.69) is 9.97 Å². The maximum atomic E-state index is 4.19. The summed E-state index contributed by atoms with van der Waals surface area (Å²) in [6, 6.07) is 12.1. The van der Waals surface area contributed by atoms with Crippen molar-refractivity contribution in [1.82, 2.24) is 4.98 Å². The highest BCUT2D eigenvalue weighted by molar-refractivity contribution is 5.57. The molecule has 0 bridgehead atoms. The Kier molecular flexibility index (Phi) is 1.82. The minimum atomic E-state index is 0.995. The summed E-state index contributed by atoms with van der Waals surface area (Å²) in [7, 11) is 0. The van der Waals surface area contributed by atoms with E-state index >= 15 is 0 Å². The predicted molar refractivity (Wildman–Crippen MR) is 46.2 cm³/mol. The number of rotatable bonds is 1. The van der Waals surface area contributed by atoms with Crippen molar-refractivity contribution in [3.8, 4) is 11.3 Å². The number of H-pyrrole nitrogens is 1. The van der Waals surface area contributed by atoms with Gasteiger partial charge in [-0.1, -0.05) is 30.3 Å². The highest BCUT2D eigenvalue weighted by atomic mass is 14.8. The Hall–Kier alpha value is -1.70. The number of benzene rings is 1. The number of hydrogen-bond donors (Lipinski definition) is 0. The predicted octanol–water partition coefficient (Wildman–Crippen LogP) is 1.56. The van der Waals surface area contributed by atoms with Crippen molar-refractivity contribution in [2.24, 2.45) is 0 Å². The molecule has 0 saturated carbocycles. The third-order valence-corrected chi connectivity index (χ3v) is 1.69. The van der Waals surface area contributed by atoms with Gasteiger partial charge < -0.3 is 0 Å². The first-order valence-corrected chi connectivity index (χ1v) is 3.84. The molecule has 12 heavy (non-hydrogen) atoms. The van der Waals surface area contributed by atoms with Crippen LogP contribution in [0.3, 0.4) is 0 Å². The molecule has 0 spiro atoms. The van der Waals surface area contributed by atoms with E-state index in [9.17, 15) is 0 Å². The SMILES string of the molecule is c1ccc(-c2cc[nH+]cn2)cc1. The van der Waals surface area contributed by atoms with Crippen LogP contribution in [0.2, 0.25) is 0 Å². The van der Waals surface area contributed by atoms with E-state index < -0.39 is 0 Å². The zero-order chi connectivity index (χ0) is 8.23. The average Bonchev–Trinajstić information content (AvgIpc) is 2.21. The van der Waals surface area contributed by atoms with Crippen molar-refractivity contribution in [2.75, 3.05) is 0 Å². The van der Waals surface area contributed by atoms with Gasteiger partial charge in [0.15, 0.2) is 5.69 Å². The Labute approximate surface area is 70.9 Å². The van der Waals surface area contributed by atoms with E-state index in [-0.39, 0.29) is 0 Å². The first kappa shape index (κ1) is 6.98. The van der Waals surface area contributed by atoms with Crippen LogP contribution in [0.5, 0.6) is 0 Å². The van der Waals surface area contributed by atoms with Crippen LogP contribution >= 0.6 is 0 Å². The lowest BCUT2D eigenvalue weighted by Crippen LogP contribution is -2.00. The summed E-state index contributed by atoms with van der Waals surface area (Å²) in [5, 5.41) is 0. The van der Waals surface area contributed by atoms with E-state index in [1.54, 1.807) is 6.33 Å². The molecule has 0 saturated heterocycles. The van der Waals surface area contributed by atoms with Gasteiger partial charge in [-0.25, -0.2) is 0 Å². The molecule has 2 nitrogen and oxygen atoms in total. The lowest BCUT2D eigenvalue weighted by Gasteiger charge is -1.91. The third kappa shape index (κ3) is 1.32. The zero-order valence-corrected chi connectivity index (χ0v) is 6.57. The van der Waals surface area contributed by atoms with Crippen LogP contribution in [-0.2, 0) is 0 Å². The molecule has 2 heteroatoms. The highest BCUT2D eigenvalue weighted by Crippen LogP contribution is 2.13. The topological polar surface area (TPSA) is 27.0 Å². The van der Waals surface area contributed by atoms with Crippen molar-refractivity contribution >= 4 is 0 Å². The van der Waals surface area contributed by atoms with Crippen LogP contribution in [0.4, 0.5) is 0 Å². The molecule has 0 atom stereocenters. The van der Waals surface area contributed by atoms with E-state index in [4.69, 9.17) is 0 Å². The van der Waals surface area contributed by atoms with Gasteiger partial charge in [-0.2, -0.15) is 0 Å². The molecule has 1 heterocycles. The maximum absolute atomic E-state index is 4.19. The summed E-state index contributed by atoms with van der Waals surface area (Å²) in [5.74, 6) is 0.